The third-order valence-electron chi connectivity index (χ3n) is 6.12. The smallest absolute Gasteiger partial charge is 0.242 e. The van der Waals surface area contributed by atoms with Crippen molar-refractivity contribution in [1.82, 2.24) is 15.1 Å². The monoisotopic (exact) mass is 361 g/mol. The van der Waals surface area contributed by atoms with Crippen molar-refractivity contribution in [2.45, 2.75) is 51.1 Å². The first kappa shape index (κ1) is 17.0. The number of piperidine rings is 2. The molecule has 6 heteroatoms. The summed E-state index contributed by atoms with van der Waals surface area (Å²) >= 11 is 1.68. The van der Waals surface area contributed by atoms with Gasteiger partial charge < -0.3 is 15.1 Å². The number of hydrogen-bond acceptors (Lipinski definition) is 4. The van der Waals surface area contributed by atoms with Crippen LogP contribution in [-0.4, -0.2) is 53.8 Å². The molecule has 25 heavy (non-hydrogen) atoms. The van der Waals surface area contributed by atoms with Crippen molar-refractivity contribution in [3.05, 3.63) is 22.4 Å². The molecule has 1 N–H and O–H groups in total. The maximum absolute atomic E-state index is 13.1. The fraction of sp³-hybridized carbons (Fsp3) is 0.684. The van der Waals surface area contributed by atoms with Crippen LogP contribution in [-0.2, 0) is 16.1 Å². The van der Waals surface area contributed by atoms with Crippen molar-refractivity contribution in [3.63, 3.8) is 0 Å². The number of carbonyl (C=O) groups excluding carboxylic acids is 2. The van der Waals surface area contributed by atoms with E-state index in [4.69, 9.17) is 0 Å². The average Bonchev–Trinajstić information content (AvgIpc) is 3.06. The van der Waals surface area contributed by atoms with Crippen molar-refractivity contribution in [1.29, 1.82) is 0 Å². The van der Waals surface area contributed by atoms with Gasteiger partial charge in [-0.2, -0.15) is 11.3 Å². The lowest BCUT2D eigenvalue weighted by atomic mass is 9.93. The van der Waals surface area contributed by atoms with Gasteiger partial charge >= 0.3 is 0 Å². The minimum absolute atomic E-state index is 0.127. The normalized spacial score (nSPS) is 25.2. The van der Waals surface area contributed by atoms with Gasteiger partial charge in [-0.25, -0.2) is 0 Å². The standard InChI is InChI=1S/C19H27N3O2S/c23-17-3-1-2-9-21(17)13-18(24)22(12-15-4-10-25-14-15)16-11-19(16)5-7-20-8-6-19/h4,10,14,16,20H,1-3,5-9,11-13H2. The lowest BCUT2D eigenvalue weighted by molar-refractivity contribution is -0.143. The third-order valence-corrected chi connectivity index (χ3v) is 6.86. The summed E-state index contributed by atoms with van der Waals surface area (Å²) in [5.41, 5.74) is 1.53. The van der Waals surface area contributed by atoms with Gasteiger partial charge in [0.1, 0.15) is 0 Å². The highest BCUT2D eigenvalue weighted by molar-refractivity contribution is 7.07. The highest BCUT2D eigenvalue weighted by Gasteiger charge is 2.57. The van der Waals surface area contributed by atoms with Crippen molar-refractivity contribution in [2.24, 2.45) is 5.41 Å². The summed E-state index contributed by atoms with van der Waals surface area (Å²) in [7, 11) is 0. The van der Waals surface area contributed by atoms with Gasteiger partial charge in [0.05, 0.1) is 6.54 Å². The van der Waals surface area contributed by atoms with E-state index in [2.05, 4.69) is 27.0 Å². The Morgan fingerprint density at radius 2 is 2.20 bits per heavy atom. The minimum Gasteiger partial charge on any atom is -0.333 e. The number of carbonyl (C=O) groups is 2. The maximum atomic E-state index is 13.1. The molecule has 0 radical (unpaired) electrons. The fourth-order valence-corrected chi connectivity index (χ4v) is 5.12. The molecule has 1 aromatic heterocycles. The molecule has 5 nitrogen and oxygen atoms in total. The number of nitrogens with zero attached hydrogens (tertiary/aromatic N) is 2. The first-order chi connectivity index (χ1) is 12.2. The summed E-state index contributed by atoms with van der Waals surface area (Å²) in [6.45, 7) is 3.79. The number of hydrogen-bond donors (Lipinski definition) is 1. The number of likely N-dealkylation sites (tertiary alicyclic amines) is 1. The fourth-order valence-electron chi connectivity index (χ4n) is 4.46. The van der Waals surface area contributed by atoms with Gasteiger partial charge in [-0.15, -0.1) is 0 Å². The van der Waals surface area contributed by atoms with Crippen LogP contribution >= 0.6 is 11.3 Å². The van der Waals surface area contributed by atoms with Gasteiger partial charge in [0, 0.05) is 25.6 Å². The van der Waals surface area contributed by atoms with Crippen LogP contribution in [0, 0.1) is 5.41 Å². The molecule has 0 aromatic carbocycles. The Kier molecular flexibility index (Phi) is 4.82. The molecule has 2 saturated heterocycles. The molecular weight excluding hydrogens is 334 g/mol. The second-order valence-electron chi connectivity index (χ2n) is 7.76. The zero-order valence-corrected chi connectivity index (χ0v) is 15.5. The van der Waals surface area contributed by atoms with Crippen LogP contribution in [0.3, 0.4) is 0 Å². The second kappa shape index (κ2) is 7.08. The summed E-state index contributed by atoms with van der Waals surface area (Å²) < 4.78 is 0. The molecule has 4 rings (SSSR count). The van der Waals surface area contributed by atoms with Crippen LogP contribution in [0.15, 0.2) is 16.8 Å². The third kappa shape index (κ3) is 3.60. The van der Waals surface area contributed by atoms with Crippen molar-refractivity contribution in [2.75, 3.05) is 26.2 Å². The van der Waals surface area contributed by atoms with Crippen LogP contribution in [0.4, 0.5) is 0 Å². The molecular formula is C19H27N3O2S. The Morgan fingerprint density at radius 3 is 2.92 bits per heavy atom. The quantitative estimate of drug-likeness (QED) is 0.875. The van der Waals surface area contributed by atoms with Gasteiger partial charge in [-0.05, 0) is 73.0 Å². The Balaban J connectivity index is 1.47. The van der Waals surface area contributed by atoms with Gasteiger partial charge in [-0.1, -0.05) is 0 Å². The van der Waals surface area contributed by atoms with Gasteiger partial charge in [0.15, 0.2) is 0 Å². The molecule has 1 aliphatic carbocycles. The van der Waals surface area contributed by atoms with E-state index in [9.17, 15) is 9.59 Å². The van der Waals surface area contributed by atoms with Crippen molar-refractivity contribution >= 4 is 23.2 Å². The predicted molar refractivity (Wildman–Crippen MR) is 98.2 cm³/mol. The molecule has 2 aliphatic heterocycles. The molecule has 1 unspecified atom stereocenters. The molecule has 1 saturated carbocycles. The molecule has 0 bridgehead atoms. The van der Waals surface area contributed by atoms with Crippen molar-refractivity contribution < 1.29 is 9.59 Å². The van der Waals surface area contributed by atoms with Crippen LogP contribution < -0.4 is 5.32 Å². The van der Waals surface area contributed by atoms with Crippen LogP contribution in [0.5, 0.6) is 0 Å². The van der Waals surface area contributed by atoms with Crippen LogP contribution in [0.25, 0.3) is 0 Å². The first-order valence-corrected chi connectivity index (χ1v) is 10.4. The molecule has 2 amide bonds. The number of nitrogens with one attached hydrogen (secondary N) is 1. The lowest BCUT2D eigenvalue weighted by Gasteiger charge is -2.32. The number of thiophene rings is 1. The second-order valence-corrected chi connectivity index (χ2v) is 8.54. The lowest BCUT2D eigenvalue weighted by Crippen LogP contribution is -2.46. The van der Waals surface area contributed by atoms with E-state index < -0.39 is 0 Å². The first-order valence-electron chi connectivity index (χ1n) is 9.47. The van der Waals surface area contributed by atoms with E-state index in [-0.39, 0.29) is 18.4 Å². The van der Waals surface area contributed by atoms with Gasteiger partial charge in [0.2, 0.25) is 11.8 Å². The summed E-state index contributed by atoms with van der Waals surface area (Å²) in [6.07, 6.45) is 6.01. The zero-order chi connectivity index (χ0) is 17.3. The minimum atomic E-state index is 0.127. The Bertz CT molecular complexity index is 625. The number of rotatable bonds is 5. The average molecular weight is 362 g/mol. The molecule has 3 heterocycles. The molecule has 3 fully saturated rings. The Hall–Kier alpha value is -1.40. The molecule has 1 aromatic rings. The van der Waals surface area contributed by atoms with Crippen LogP contribution in [0.2, 0.25) is 0 Å². The topological polar surface area (TPSA) is 52.7 Å². The van der Waals surface area contributed by atoms with E-state index in [1.807, 2.05) is 0 Å². The molecule has 1 spiro atoms. The highest BCUT2D eigenvalue weighted by atomic mass is 32.1. The number of amides is 2. The summed E-state index contributed by atoms with van der Waals surface area (Å²) in [5, 5.41) is 7.63. The van der Waals surface area contributed by atoms with Crippen LogP contribution in [0.1, 0.15) is 44.1 Å². The Labute approximate surface area is 153 Å². The van der Waals surface area contributed by atoms with E-state index in [0.717, 1.165) is 51.7 Å². The molecule has 136 valence electrons. The van der Waals surface area contributed by atoms with Gasteiger partial charge in [-0.3, -0.25) is 9.59 Å². The predicted octanol–water partition coefficient (Wildman–Crippen LogP) is 2.23. The van der Waals surface area contributed by atoms with Gasteiger partial charge in [0.25, 0.3) is 0 Å². The highest BCUT2D eigenvalue weighted by Crippen LogP contribution is 2.56. The summed E-state index contributed by atoms with van der Waals surface area (Å²) in [4.78, 5) is 29.1. The largest absolute Gasteiger partial charge is 0.333 e. The van der Waals surface area contributed by atoms with Crippen molar-refractivity contribution in [3.8, 4) is 0 Å². The summed E-state index contributed by atoms with van der Waals surface area (Å²) in [6, 6.07) is 2.45. The molecule has 1 atom stereocenters. The molecule has 3 aliphatic rings. The Morgan fingerprint density at radius 1 is 1.36 bits per heavy atom. The maximum Gasteiger partial charge on any atom is 0.242 e. The van der Waals surface area contributed by atoms with E-state index in [1.165, 1.54) is 5.56 Å². The van der Waals surface area contributed by atoms with E-state index in [0.29, 0.717) is 24.4 Å². The SMILES string of the molecule is O=C1CCCCN1CC(=O)N(Cc1ccsc1)C1CC12CCNCC2. The summed E-state index contributed by atoms with van der Waals surface area (Å²) in [5.74, 6) is 0.268. The zero-order valence-electron chi connectivity index (χ0n) is 14.7. The van der Waals surface area contributed by atoms with E-state index in [1.54, 1.807) is 16.2 Å². The van der Waals surface area contributed by atoms with E-state index >= 15 is 0 Å².